The standard InChI is InChI=1S/C26H31ClO4S/c1-17(2)23-13-4-18(3)14-24(23)31-25(28)15-30-26(29)20-7-5-19(6-8-20)16-32-22-11-9-21(27)10-12-22/h5-12,17-18,23-24H,4,13-16H2,1-3H3. The van der Waals surface area contributed by atoms with Crippen molar-refractivity contribution in [2.75, 3.05) is 6.61 Å². The topological polar surface area (TPSA) is 52.6 Å². The van der Waals surface area contributed by atoms with Gasteiger partial charge in [-0.05, 0) is 72.6 Å². The minimum atomic E-state index is -0.517. The smallest absolute Gasteiger partial charge is 0.344 e. The highest BCUT2D eigenvalue weighted by molar-refractivity contribution is 7.98. The summed E-state index contributed by atoms with van der Waals surface area (Å²) in [5.41, 5.74) is 1.51. The maximum Gasteiger partial charge on any atom is 0.344 e. The first-order valence-corrected chi connectivity index (χ1v) is 12.5. The number of rotatable bonds is 8. The Labute approximate surface area is 200 Å². The summed E-state index contributed by atoms with van der Waals surface area (Å²) in [6, 6.07) is 14.9. The van der Waals surface area contributed by atoms with Crippen molar-refractivity contribution in [3.63, 3.8) is 0 Å². The Bertz CT molecular complexity index is 895. The predicted molar refractivity (Wildman–Crippen MR) is 129 cm³/mol. The normalized spacial score (nSPS) is 20.7. The van der Waals surface area contributed by atoms with Crippen LogP contribution >= 0.6 is 23.4 Å². The number of thioether (sulfide) groups is 1. The average Bonchev–Trinajstić information content (AvgIpc) is 2.77. The molecule has 0 heterocycles. The molecule has 2 aromatic carbocycles. The summed E-state index contributed by atoms with van der Waals surface area (Å²) in [7, 11) is 0. The summed E-state index contributed by atoms with van der Waals surface area (Å²) < 4.78 is 10.9. The monoisotopic (exact) mass is 474 g/mol. The Morgan fingerprint density at radius 1 is 1.06 bits per heavy atom. The van der Waals surface area contributed by atoms with Gasteiger partial charge in [0.2, 0.25) is 0 Å². The molecule has 3 rings (SSSR count). The minimum absolute atomic E-state index is 0.0950. The number of carbonyl (C=O) groups excluding carboxylic acids is 2. The average molecular weight is 475 g/mol. The van der Waals surface area contributed by atoms with Gasteiger partial charge in [0, 0.05) is 15.7 Å². The molecule has 1 aliphatic rings. The van der Waals surface area contributed by atoms with Crippen molar-refractivity contribution < 1.29 is 19.1 Å². The molecule has 0 spiro atoms. The van der Waals surface area contributed by atoms with Crippen LogP contribution in [0.2, 0.25) is 5.02 Å². The van der Waals surface area contributed by atoms with E-state index >= 15 is 0 Å². The van der Waals surface area contributed by atoms with Crippen molar-refractivity contribution in [3.05, 3.63) is 64.7 Å². The second-order valence-corrected chi connectivity index (χ2v) is 10.4. The molecule has 0 aliphatic heterocycles. The highest BCUT2D eigenvalue weighted by atomic mass is 35.5. The zero-order chi connectivity index (χ0) is 23.1. The number of benzene rings is 2. The molecule has 0 N–H and O–H groups in total. The van der Waals surface area contributed by atoms with Crippen molar-refractivity contribution in [2.24, 2.45) is 17.8 Å². The van der Waals surface area contributed by atoms with Crippen LogP contribution in [0.25, 0.3) is 0 Å². The number of hydrogen-bond donors (Lipinski definition) is 0. The van der Waals surface area contributed by atoms with Crippen LogP contribution < -0.4 is 0 Å². The molecule has 0 bridgehead atoms. The molecule has 3 atom stereocenters. The molecule has 1 fully saturated rings. The summed E-state index contributed by atoms with van der Waals surface area (Å²) in [6.07, 6.45) is 3.01. The van der Waals surface area contributed by atoms with Crippen LogP contribution in [0.1, 0.15) is 56.0 Å². The van der Waals surface area contributed by atoms with Crippen molar-refractivity contribution in [1.82, 2.24) is 0 Å². The highest BCUT2D eigenvalue weighted by Crippen LogP contribution is 2.35. The first-order chi connectivity index (χ1) is 15.3. The van der Waals surface area contributed by atoms with Crippen molar-refractivity contribution in [1.29, 1.82) is 0 Å². The summed E-state index contributed by atoms with van der Waals surface area (Å²) in [6.45, 7) is 6.16. The molecule has 0 amide bonds. The van der Waals surface area contributed by atoms with E-state index in [9.17, 15) is 9.59 Å². The lowest BCUT2D eigenvalue weighted by Gasteiger charge is -2.36. The molecular weight excluding hydrogens is 444 g/mol. The van der Waals surface area contributed by atoms with Crippen LogP contribution in [-0.2, 0) is 20.0 Å². The van der Waals surface area contributed by atoms with E-state index in [1.165, 1.54) is 6.42 Å². The molecule has 3 unspecified atom stereocenters. The first-order valence-electron chi connectivity index (χ1n) is 11.2. The summed E-state index contributed by atoms with van der Waals surface area (Å²) >= 11 is 7.61. The third-order valence-corrected chi connectivity index (χ3v) is 7.31. The molecule has 1 aliphatic carbocycles. The molecular formula is C26H31ClO4S. The lowest BCUT2D eigenvalue weighted by atomic mass is 9.75. The van der Waals surface area contributed by atoms with E-state index in [0.717, 1.165) is 29.1 Å². The number of hydrogen-bond acceptors (Lipinski definition) is 5. The predicted octanol–water partition coefficient (Wildman–Crippen LogP) is 6.79. The SMILES string of the molecule is CC1CCC(C(C)C)C(OC(=O)COC(=O)c2ccc(CSc3ccc(Cl)cc3)cc2)C1. The molecule has 0 aromatic heterocycles. The quantitative estimate of drug-likeness (QED) is 0.311. The fourth-order valence-electron chi connectivity index (χ4n) is 4.10. The van der Waals surface area contributed by atoms with Gasteiger partial charge in [0.25, 0.3) is 0 Å². The van der Waals surface area contributed by atoms with E-state index in [1.54, 1.807) is 23.9 Å². The number of ether oxygens (including phenoxy) is 2. The van der Waals surface area contributed by atoms with E-state index in [0.29, 0.717) is 28.3 Å². The van der Waals surface area contributed by atoms with Gasteiger partial charge in [0.15, 0.2) is 6.61 Å². The largest absolute Gasteiger partial charge is 0.460 e. The van der Waals surface area contributed by atoms with Gasteiger partial charge in [0.1, 0.15) is 6.10 Å². The van der Waals surface area contributed by atoms with Gasteiger partial charge in [-0.2, -0.15) is 0 Å². The van der Waals surface area contributed by atoms with Gasteiger partial charge >= 0.3 is 11.9 Å². The zero-order valence-corrected chi connectivity index (χ0v) is 20.5. The first kappa shape index (κ1) is 24.7. The third kappa shape index (κ3) is 7.28. The summed E-state index contributed by atoms with van der Waals surface area (Å²) in [5.74, 6) is 1.15. The Morgan fingerprint density at radius 3 is 2.41 bits per heavy atom. The van der Waals surface area contributed by atoms with E-state index in [4.69, 9.17) is 21.1 Å². The Balaban J connectivity index is 1.45. The zero-order valence-electron chi connectivity index (χ0n) is 18.9. The van der Waals surface area contributed by atoms with Gasteiger partial charge in [0.05, 0.1) is 5.56 Å². The van der Waals surface area contributed by atoms with E-state index in [1.807, 2.05) is 36.4 Å². The van der Waals surface area contributed by atoms with Crippen LogP contribution in [0.3, 0.4) is 0 Å². The lowest BCUT2D eigenvalue weighted by molar-refractivity contribution is -0.159. The highest BCUT2D eigenvalue weighted by Gasteiger charge is 2.33. The second-order valence-electron chi connectivity index (χ2n) is 8.87. The van der Waals surface area contributed by atoms with Gasteiger partial charge in [-0.15, -0.1) is 11.8 Å². The maximum atomic E-state index is 12.3. The minimum Gasteiger partial charge on any atom is -0.460 e. The van der Waals surface area contributed by atoms with Crippen molar-refractivity contribution in [2.45, 2.75) is 56.8 Å². The molecule has 6 heteroatoms. The lowest BCUT2D eigenvalue weighted by Crippen LogP contribution is -2.36. The van der Waals surface area contributed by atoms with Crippen molar-refractivity contribution in [3.8, 4) is 0 Å². The van der Waals surface area contributed by atoms with E-state index in [2.05, 4.69) is 20.8 Å². The molecule has 2 aromatic rings. The van der Waals surface area contributed by atoms with Crippen LogP contribution in [0.15, 0.2) is 53.4 Å². The van der Waals surface area contributed by atoms with Gasteiger partial charge in [-0.1, -0.05) is 50.9 Å². The third-order valence-electron chi connectivity index (χ3n) is 5.97. The number of carbonyl (C=O) groups is 2. The second kappa shape index (κ2) is 11.8. The van der Waals surface area contributed by atoms with Crippen LogP contribution in [0.5, 0.6) is 0 Å². The Kier molecular flexibility index (Phi) is 9.06. The Hall–Kier alpha value is -1.98. The van der Waals surface area contributed by atoms with Crippen LogP contribution in [0, 0.1) is 17.8 Å². The molecule has 4 nitrogen and oxygen atoms in total. The number of halogens is 1. The molecule has 1 saturated carbocycles. The maximum absolute atomic E-state index is 12.3. The summed E-state index contributed by atoms with van der Waals surface area (Å²) in [4.78, 5) is 25.8. The van der Waals surface area contributed by atoms with E-state index in [-0.39, 0.29) is 12.7 Å². The molecule has 32 heavy (non-hydrogen) atoms. The molecule has 0 radical (unpaired) electrons. The van der Waals surface area contributed by atoms with Crippen LogP contribution in [0.4, 0.5) is 0 Å². The van der Waals surface area contributed by atoms with Gasteiger partial charge < -0.3 is 9.47 Å². The molecule has 172 valence electrons. The molecule has 0 saturated heterocycles. The fraction of sp³-hybridized carbons (Fsp3) is 0.462. The summed E-state index contributed by atoms with van der Waals surface area (Å²) in [5, 5.41) is 0.717. The van der Waals surface area contributed by atoms with Crippen LogP contribution in [-0.4, -0.2) is 24.6 Å². The van der Waals surface area contributed by atoms with Gasteiger partial charge in [-0.3, -0.25) is 0 Å². The number of esters is 2. The fourth-order valence-corrected chi connectivity index (χ4v) is 5.08. The van der Waals surface area contributed by atoms with Gasteiger partial charge in [-0.25, -0.2) is 9.59 Å². The van der Waals surface area contributed by atoms with Crippen molar-refractivity contribution >= 4 is 35.3 Å². The Morgan fingerprint density at radius 2 is 1.75 bits per heavy atom. The van der Waals surface area contributed by atoms with E-state index < -0.39 is 11.9 Å².